The molecule has 1 aliphatic carbocycles. The maximum absolute atomic E-state index is 10.3. The van der Waals surface area contributed by atoms with Crippen molar-refractivity contribution in [3.8, 4) is 0 Å². The summed E-state index contributed by atoms with van der Waals surface area (Å²) in [6.07, 6.45) is 5.28. The van der Waals surface area contributed by atoms with Gasteiger partial charge in [-0.2, -0.15) is 11.8 Å². The van der Waals surface area contributed by atoms with E-state index in [1.807, 2.05) is 0 Å². The fraction of sp³-hybridized carbons (Fsp3) is 0.733. The summed E-state index contributed by atoms with van der Waals surface area (Å²) in [6, 6.07) is 2.14. The minimum Gasteiger partial charge on any atom is -0.388 e. The summed E-state index contributed by atoms with van der Waals surface area (Å²) >= 11 is 2.08. The number of aliphatic hydroxyl groups excluding tert-OH is 1. The highest BCUT2D eigenvalue weighted by Gasteiger charge is 2.33. The molecule has 2 nitrogen and oxygen atoms in total. The number of aliphatic hydroxyl groups is 1. The van der Waals surface area contributed by atoms with Crippen LogP contribution >= 0.6 is 11.8 Å². The number of hydrogen-bond donors (Lipinski definition) is 1. The average molecular weight is 265 g/mol. The van der Waals surface area contributed by atoms with Crippen molar-refractivity contribution in [1.82, 2.24) is 4.57 Å². The van der Waals surface area contributed by atoms with E-state index in [0.717, 1.165) is 25.3 Å². The minimum atomic E-state index is -0.261. The molecule has 2 unspecified atom stereocenters. The molecule has 100 valence electrons. The van der Waals surface area contributed by atoms with Crippen molar-refractivity contribution in [3.63, 3.8) is 0 Å². The summed E-state index contributed by atoms with van der Waals surface area (Å²) in [5.41, 5.74) is 2.79. The summed E-state index contributed by atoms with van der Waals surface area (Å²) in [6.45, 7) is 5.68. The highest BCUT2D eigenvalue weighted by atomic mass is 32.2. The van der Waals surface area contributed by atoms with Crippen molar-refractivity contribution in [2.24, 2.45) is 11.3 Å². The van der Waals surface area contributed by atoms with Gasteiger partial charge in [-0.1, -0.05) is 13.8 Å². The Morgan fingerprint density at radius 3 is 3.06 bits per heavy atom. The van der Waals surface area contributed by atoms with Crippen molar-refractivity contribution in [2.75, 3.05) is 11.5 Å². The largest absolute Gasteiger partial charge is 0.388 e. The van der Waals surface area contributed by atoms with E-state index in [9.17, 15) is 5.11 Å². The van der Waals surface area contributed by atoms with Crippen molar-refractivity contribution in [1.29, 1.82) is 0 Å². The van der Waals surface area contributed by atoms with E-state index in [0.29, 0.717) is 0 Å². The third-order valence-electron chi connectivity index (χ3n) is 4.34. The first-order valence-corrected chi connectivity index (χ1v) is 8.14. The summed E-state index contributed by atoms with van der Waals surface area (Å²) in [4.78, 5) is 0. The number of fused-ring (bicyclic) bond motifs is 1. The molecule has 0 aromatic carbocycles. The van der Waals surface area contributed by atoms with Crippen LogP contribution in [0.5, 0.6) is 0 Å². The maximum Gasteiger partial charge on any atom is 0.0812 e. The number of nitrogens with zero attached hydrogens (tertiary/aromatic N) is 1. The van der Waals surface area contributed by atoms with Gasteiger partial charge in [0.1, 0.15) is 0 Å². The molecule has 1 aromatic rings. The summed E-state index contributed by atoms with van der Waals surface area (Å²) in [7, 11) is 0. The van der Waals surface area contributed by atoms with Crippen LogP contribution in [0.4, 0.5) is 0 Å². The Balaban J connectivity index is 1.84. The molecule has 2 aliphatic rings. The third kappa shape index (κ3) is 2.35. The summed E-state index contributed by atoms with van der Waals surface area (Å²) in [5.74, 6) is 3.45. The highest BCUT2D eigenvalue weighted by molar-refractivity contribution is 7.99. The van der Waals surface area contributed by atoms with Crippen LogP contribution in [0.2, 0.25) is 0 Å². The van der Waals surface area contributed by atoms with Crippen molar-refractivity contribution >= 4 is 11.8 Å². The first-order valence-electron chi connectivity index (χ1n) is 6.99. The monoisotopic (exact) mass is 265 g/mol. The molecule has 0 amide bonds. The van der Waals surface area contributed by atoms with E-state index in [4.69, 9.17) is 0 Å². The fourth-order valence-corrected chi connectivity index (χ4v) is 4.64. The standard InChI is InChI=1S/C15H23NOS/c1-15(2)7-13-12(14(17)8-15)3-5-16(13)9-11-4-6-18-10-11/h3,5,11,14,17H,4,6-10H2,1-2H3. The van der Waals surface area contributed by atoms with Gasteiger partial charge in [-0.25, -0.2) is 0 Å². The molecule has 0 bridgehead atoms. The quantitative estimate of drug-likeness (QED) is 0.888. The average Bonchev–Trinajstić information content (AvgIpc) is 2.88. The van der Waals surface area contributed by atoms with Crippen LogP contribution < -0.4 is 0 Å². The van der Waals surface area contributed by atoms with Gasteiger partial charge in [-0.3, -0.25) is 0 Å². The van der Waals surface area contributed by atoms with E-state index >= 15 is 0 Å². The maximum atomic E-state index is 10.3. The number of thioether (sulfide) groups is 1. The molecule has 1 fully saturated rings. The van der Waals surface area contributed by atoms with E-state index in [1.165, 1.54) is 29.2 Å². The van der Waals surface area contributed by atoms with E-state index in [1.54, 1.807) is 0 Å². The van der Waals surface area contributed by atoms with Crippen molar-refractivity contribution in [3.05, 3.63) is 23.5 Å². The zero-order chi connectivity index (χ0) is 12.8. The smallest absolute Gasteiger partial charge is 0.0812 e. The fourth-order valence-electron chi connectivity index (χ4n) is 3.36. The molecule has 0 spiro atoms. The molecule has 1 aliphatic heterocycles. The van der Waals surface area contributed by atoms with Crippen molar-refractivity contribution < 1.29 is 5.11 Å². The molecule has 1 N–H and O–H groups in total. The molecular weight excluding hydrogens is 242 g/mol. The lowest BCUT2D eigenvalue weighted by Gasteiger charge is -2.34. The molecule has 1 aromatic heterocycles. The Morgan fingerprint density at radius 2 is 2.33 bits per heavy atom. The first kappa shape index (κ1) is 12.6. The third-order valence-corrected chi connectivity index (χ3v) is 5.58. The molecule has 3 heteroatoms. The van der Waals surface area contributed by atoms with Crippen LogP contribution in [0.1, 0.15) is 44.1 Å². The van der Waals surface area contributed by atoms with Gasteiger partial charge in [0.2, 0.25) is 0 Å². The zero-order valence-electron chi connectivity index (χ0n) is 11.4. The number of rotatable bonds is 2. The van der Waals surface area contributed by atoms with Gasteiger partial charge in [0.25, 0.3) is 0 Å². The Bertz CT molecular complexity index is 432. The normalized spacial score (nSPS) is 30.4. The second-order valence-electron chi connectivity index (χ2n) is 6.66. The van der Waals surface area contributed by atoms with Gasteiger partial charge in [-0.05, 0) is 48.2 Å². The van der Waals surface area contributed by atoms with Gasteiger partial charge < -0.3 is 9.67 Å². The molecule has 2 atom stereocenters. The van der Waals surface area contributed by atoms with Gasteiger partial charge in [0.15, 0.2) is 0 Å². The molecule has 0 radical (unpaired) electrons. The van der Waals surface area contributed by atoms with E-state index < -0.39 is 0 Å². The predicted molar refractivity (Wildman–Crippen MR) is 76.9 cm³/mol. The zero-order valence-corrected chi connectivity index (χ0v) is 12.2. The molecular formula is C15H23NOS. The number of hydrogen-bond acceptors (Lipinski definition) is 2. The van der Waals surface area contributed by atoms with E-state index in [2.05, 4.69) is 42.4 Å². The van der Waals surface area contributed by atoms with Gasteiger partial charge in [-0.15, -0.1) is 0 Å². The van der Waals surface area contributed by atoms with E-state index in [-0.39, 0.29) is 11.5 Å². The predicted octanol–water partition coefficient (Wildman–Crippen LogP) is 3.25. The molecule has 2 heterocycles. The lowest BCUT2D eigenvalue weighted by atomic mass is 9.75. The molecule has 3 rings (SSSR count). The Kier molecular flexibility index (Phi) is 3.23. The highest BCUT2D eigenvalue weighted by Crippen LogP contribution is 2.41. The Morgan fingerprint density at radius 1 is 1.50 bits per heavy atom. The Hall–Kier alpha value is -0.410. The molecule has 1 saturated heterocycles. The molecule has 18 heavy (non-hydrogen) atoms. The Labute approximate surface area is 114 Å². The van der Waals surface area contributed by atoms with Gasteiger partial charge in [0.05, 0.1) is 6.10 Å². The van der Waals surface area contributed by atoms with Crippen LogP contribution in [-0.4, -0.2) is 21.2 Å². The van der Waals surface area contributed by atoms with Gasteiger partial charge in [0, 0.05) is 24.0 Å². The van der Waals surface area contributed by atoms with Crippen LogP contribution in [0.3, 0.4) is 0 Å². The lowest BCUT2D eigenvalue weighted by molar-refractivity contribution is 0.0977. The van der Waals surface area contributed by atoms with Gasteiger partial charge >= 0.3 is 0 Å². The minimum absolute atomic E-state index is 0.229. The topological polar surface area (TPSA) is 25.2 Å². The number of aromatic nitrogens is 1. The second kappa shape index (κ2) is 4.61. The lowest BCUT2D eigenvalue weighted by Crippen LogP contribution is -2.27. The van der Waals surface area contributed by atoms with Crippen LogP contribution in [0.15, 0.2) is 12.3 Å². The SMILES string of the molecule is CC1(C)Cc2c(ccn2CC2CCSC2)C(O)C1. The van der Waals surface area contributed by atoms with Crippen molar-refractivity contribution in [2.45, 2.75) is 45.8 Å². The van der Waals surface area contributed by atoms with Crippen LogP contribution in [-0.2, 0) is 13.0 Å². The summed E-state index contributed by atoms with van der Waals surface area (Å²) < 4.78 is 2.41. The van der Waals surface area contributed by atoms with Crippen LogP contribution in [0, 0.1) is 11.3 Å². The summed E-state index contributed by atoms with van der Waals surface area (Å²) in [5, 5.41) is 10.3. The first-order chi connectivity index (χ1) is 8.55. The van der Waals surface area contributed by atoms with Crippen LogP contribution in [0.25, 0.3) is 0 Å². The second-order valence-corrected chi connectivity index (χ2v) is 7.81. The molecule has 0 saturated carbocycles.